The van der Waals surface area contributed by atoms with Gasteiger partial charge in [-0.2, -0.15) is 18.3 Å². The number of hydrogen-bond donors (Lipinski definition) is 1. The predicted octanol–water partition coefficient (Wildman–Crippen LogP) is 0.359. The fourth-order valence-electron chi connectivity index (χ4n) is 4.01. The van der Waals surface area contributed by atoms with Gasteiger partial charge in [-0.05, 0) is 0 Å². The maximum Gasteiger partial charge on any atom is 0.490 e. The third kappa shape index (κ3) is 5.49. The van der Waals surface area contributed by atoms with Gasteiger partial charge in [0.25, 0.3) is 0 Å². The number of hydrogen-bond acceptors (Lipinski definition) is 6. The van der Waals surface area contributed by atoms with E-state index in [9.17, 15) is 18.0 Å². The monoisotopic (exact) mass is 434 g/mol. The molecule has 4 heterocycles. The van der Waals surface area contributed by atoms with Crippen molar-refractivity contribution in [3.8, 4) is 0 Å². The van der Waals surface area contributed by atoms with Crippen molar-refractivity contribution >= 4 is 11.9 Å². The zero-order valence-corrected chi connectivity index (χ0v) is 16.5. The maximum absolute atomic E-state index is 12.8. The van der Waals surface area contributed by atoms with Crippen LogP contribution in [0.15, 0.2) is 12.4 Å². The van der Waals surface area contributed by atoms with Crippen LogP contribution in [0.25, 0.3) is 0 Å². The molecule has 3 atom stereocenters. The summed E-state index contributed by atoms with van der Waals surface area (Å²) < 4.78 is 44.8. The number of halogens is 3. The number of aryl methyl sites for hydroxylation is 1. The minimum absolute atomic E-state index is 0.0111. The third-order valence-corrected chi connectivity index (χ3v) is 5.44. The van der Waals surface area contributed by atoms with Crippen molar-refractivity contribution in [2.45, 2.75) is 18.8 Å². The zero-order chi connectivity index (χ0) is 21.9. The number of carboxylic acids is 1. The number of carboxylic acid groups (broad SMARTS) is 1. The minimum Gasteiger partial charge on any atom is -0.475 e. The van der Waals surface area contributed by atoms with E-state index in [1.165, 1.54) is 5.56 Å². The lowest BCUT2D eigenvalue weighted by atomic mass is 9.92. The van der Waals surface area contributed by atoms with Crippen molar-refractivity contribution in [1.29, 1.82) is 0 Å². The molecular weight excluding hydrogens is 409 g/mol. The highest BCUT2D eigenvalue weighted by atomic mass is 19.4. The summed E-state index contributed by atoms with van der Waals surface area (Å²) in [5.41, 5.74) is 1.21. The van der Waals surface area contributed by atoms with Gasteiger partial charge in [0.15, 0.2) is 0 Å². The predicted molar refractivity (Wildman–Crippen MR) is 96.3 cm³/mol. The van der Waals surface area contributed by atoms with E-state index in [1.807, 2.05) is 29.0 Å². The molecule has 30 heavy (non-hydrogen) atoms. The van der Waals surface area contributed by atoms with Crippen LogP contribution in [0, 0.1) is 11.8 Å². The Balaban J connectivity index is 0.000000318. The summed E-state index contributed by atoms with van der Waals surface area (Å²) >= 11 is 0. The SMILES string of the molecule is Cn1cc(CN2C[C@@H]3[C@@H](C(=O)N4CCOCC4)CO[C@@H]3C2)cn1.O=C(O)C(F)(F)F. The molecule has 0 aromatic carbocycles. The van der Waals surface area contributed by atoms with Crippen LogP contribution in [0.5, 0.6) is 0 Å². The molecule has 3 fully saturated rings. The topological polar surface area (TPSA) is 97.1 Å². The van der Waals surface area contributed by atoms with Crippen LogP contribution in [0.4, 0.5) is 13.2 Å². The number of likely N-dealkylation sites (tertiary alicyclic amines) is 1. The van der Waals surface area contributed by atoms with Gasteiger partial charge in [-0.15, -0.1) is 0 Å². The molecule has 4 rings (SSSR count). The van der Waals surface area contributed by atoms with E-state index in [0.29, 0.717) is 38.8 Å². The Morgan fingerprint density at radius 2 is 1.93 bits per heavy atom. The fraction of sp³-hybridized carbons (Fsp3) is 0.722. The summed E-state index contributed by atoms with van der Waals surface area (Å²) in [4.78, 5) is 26.0. The Morgan fingerprint density at radius 3 is 2.50 bits per heavy atom. The molecule has 3 saturated heterocycles. The molecular formula is C18H25F3N4O5. The number of amides is 1. The highest BCUT2D eigenvalue weighted by molar-refractivity contribution is 5.80. The quantitative estimate of drug-likeness (QED) is 0.734. The summed E-state index contributed by atoms with van der Waals surface area (Å²) in [6.07, 6.45) is -0.932. The number of rotatable bonds is 3. The number of carbonyl (C=O) groups excluding carboxylic acids is 1. The molecule has 12 heteroatoms. The lowest BCUT2D eigenvalue weighted by Crippen LogP contribution is -2.46. The van der Waals surface area contributed by atoms with Crippen LogP contribution in [-0.4, -0.2) is 94.8 Å². The van der Waals surface area contributed by atoms with E-state index < -0.39 is 12.1 Å². The molecule has 0 spiro atoms. The van der Waals surface area contributed by atoms with E-state index in [2.05, 4.69) is 10.00 Å². The highest BCUT2D eigenvalue weighted by Gasteiger charge is 2.47. The van der Waals surface area contributed by atoms with Crippen molar-refractivity contribution in [3.63, 3.8) is 0 Å². The summed E-state index contributed by atoms with van der Waals surface area (Å²) in [6, 6.07) is 0. The highest BCUT2D eigenvalue weighted by Crippen LogP contribution is 2.35. The molecule has 3 aliphatic heterocycles. The average molecular weight is 434 g/mol. The van der Waals surface area contributed by atoms with E-state index >= 15 is 0 Å². The Bertz CT molecular complexity index is 750. The summed E-state index contributed by atoms with van der Waals surface area (Å²) in [5, 5.41) is 11.3. The van der Waals surface area contributed by atoms with Gasteiger partial charge in [0.05, 0.1) is 38.0 Å². The molecule has 9 nitrogen and oxygen atoms in total. The Morgan fingerprint density at radius 1 is 1.27 bits per heavy atom. The summed E-state index contributed by atoms with van der Waals surface area (Å²) in [7, 11) is 1.93. The summed E-state index contributed by atoms with van der Waals surface area (Å²) in [5.74, 6) is -2.17. The largest absolute Gasteiger partial charge is 0.490 e. The molecule has 0 bridgehead atoms. The van der Waals surface area contributed by atoms with E-state index in [1.54, 1.807) is 0 Å². The summed E-state index contributed by atoms with van der Waals surface area (Å²) in [6.45, 7) is 6.03. The first-order chi connectivity index (χ1) is 14.1. The number of aliphatic carboxylic acids is 1. The Kier molecular flexibility index (Phi) is 6.98. The lowest BCUT2D eigenvalue weighted by Gasteiger charge is -2.30. The van der Waals surface area contributed by atoms with Gasteiger partial charge in [0.2, 0.25) is 5.91 Å². The number of carbonyl (C=O) groups is 2. The first-order valence-electron chi connectivity index (χ1n) is 9.63. The van der Waals surface area contributed by atoms with Crippen LogP contribution < -0.4 is 0 Å². The molecule has 1 aromatic rings. The third-order valence-electron chi connectivity index (χ3n) is 5.44. The second kappa shape index (κ2) is 9.31. The molecule has 0 unspecified atom stereocenters. The second-order valence-corrected chi connectivity index (χ2v) is 7.60. The maximum atomic E-state index is 12.8. The molecule has 1 N–H and O–H groups in total. The second-order valence-electron chi connectivity index (χ2n) is 7.60. The number of nitrogens with zero attached hydrogens (tertiary/aromatic N) is 4. The van der Waals surface area contributed by atoms with Gasteiger partial charge in [0, 0.05) is 57.4 Å². The van der Waals surface area contributed by atoms with Gasteiger partial charge < -0.3 is 19.5 Å². The minimum atomic E-state index is -5.08. The number of fused-ring (bicyclic) bond motifs is 1. The van der Waals surface area contributed by atoms with E-state index in [4.69, 9.17) is 19.4 Å². The first kappa shape index (κ1) is 22.5. The standard InChI is InChI=1S/C16H24N4O3.C2HF3O2/c1-18-7-12(6-17-18)8-19-9-13-14(11-23-15(13)10-19)16(21)20-2-4-22-5-3-20;3-2(4,5)1(6)7/h6-7,13-15H,2-5,8-11H2,1H3;(H,6,7)/t13-,14+,15-;/m1./s1. The van der Waals surface area contributed by atoms with Crippen LogP contribution in [-0.2, 0) is 32.7 Å². The normalized spacial score (nSPS) is 26.8. The number of alkyl halides is 3. The van der Waals surface area contributed by atoms with Gasteiger partial charge in [-0.3, -0.25) is 14.4 Å². The molecule has 3 aliphatic rings. The fourth-order valence-corrected chi connectivity index (χ4v) is 4.01. The Labute approximate surface area is 171 Å². The van der Waals surface area contributed by atoms with Crippen LogP contribution in [0.1, 0.15) is 5.56 Å². The number of morpholine rings is 1. The zero-order valence-electron chi connectivity index (χ0n) is 16.5. The lowest BCUT2D eigenvalue weighted by molar-refractivity contribution is -0.192. The van der Waals surface area contributed by atoms with Crippen molar-refractivity contribution in [1.82, 2.24) is 19.6 Å². The average Bonchev–Trinajstić information content (AvgIpc) is 3.38. The smallest absolute Gasteiger partial charge is 0.475 e. The molecule has 1 amide bonds. The van der Waals surface area contributed by atoms with Crippen LogP contribution in [0.2, 0.25) is 0 Å². The number of aromatic nitrogens is 2. The van der Waals surface area contributed by atoms with Gasteiger partial charge in [-0.25, -0.2) is 4.79 Å². The molecule has 1 aromatic heterocycles. The number of ether oxygens (including phenoxy) is 2. The molecule has 0 saturated carbocycles. The van der Waals surface area contributed by atoms with Crippen LogP contribution >= 0.6 is 0 Å². The molecule has 0 radical (unpaired) electrons. The van der Waals surface area contributed by atoms with E-state index in [-0.39, 0.29) is 17.9 Å². The van der Waals surface area contributed by atoms with Crippen molar-refractivity contribution < 1.29 is 37.3 Å². The Hall–Kier alpha value is -2.18. The van der Waals surface area contributed by atoms with Crippen molar-refractivity contribution in [2.75, 3.05) is 46.0 Å². The van der Waals surface area contributed by atoms with E-state index in [0.717, 1.165) is 19.6 Å². The van der Waals surface area contributed by atoms with Crippen molar-refractivity contribution in [2.24, 2.45) is 18.9 Å². The van der Waals surface area contributed by atoms with Gasteiger partial charge in [0.1, 0.15) is 0 Å². The first-order valence-corrected chi connectivity index (χ1v) is 9.63. The molecule has 168 valence electrons. The van der Waals surface area contributed by atoms with Gasteiger partial charge in [-0.1, -0.05) is 0 Å². The molecule has 0 aliphatic carbocycles. The van der Waals surface area contributed by atoms with Gasteiger partial charge >= 0.3 is 12.1 Å². The van der Waals surface area contributed by atoms with Crippen molar-refractivity contribution in [3.05, 3.63) is 18.0 Å². The van der Waals surface area contributed by atoms with Crippen LogP contribution in [0.3, 0.4) is 0 Å².